The number of benzene rings is 1. The number of cyclic esters (lactones) is 1. The summed E-state index contributed by atoms with van der Waals surface area (Å²) in [6, 6.07) is 9.31. The van der Waals surface area contributed by atoms with Crippen LogP contribution in [0.1, 0.15) is 5.56 Å². The molecule has 0 bridgehead atoms. The summed E-state index contributed by atoms with van der Waals surface area (Å²) in [5.41, 5.74) is 0.896. The van der Waals surface area contributed by atoms with E-state index in [1.165, 1.54) is 0 Å². The van der Waals surface area contributed by atoms with Gasteiger partial charge in [-0.25, -0.2) is 9.59 Å². The van der Waals surface area contributed by atoms with Crippen LogP contribution in [0.15, 0.2) is 30.3 Å². The van der Waals surface area contributed by atoms with E-state index < -0.39 is 18.2 Å². The number of esters is 1. The molecule has 1 aliphatic rings. The molecule has 1 N–H and O–H groups in total. The van der Waals surface area contributed by atoms with E-state index in [4.69, 9.17) is 4.74 Å². The van der Waals surface area contributed by atoms with Gasteiger partial charge in [-0.05, 0) is 5.56 Å². The number of nitrogens with one attached hydrogen (secondary N) is 1. The summed E-state index contributed by atoms with van der Waals surface area (Å²) in [5.74, 6) is -0.526. The maximum atomic E-state index is 11.4. The van der Waals surface area contributed by atoms with Gasteiger partial charge in [-0.3, -0.25) is 0 Å². The molecular formula is C11H11NO4. The molecule has 1 amide bonds. The summed E-state index contributed by atoms with van der Waals surface area (Å²) in [6.07, 6.45) is -1.40. The van der Waals surface area contributed by atoms with Gasteiger partial charge in [0.15, 0.2) is 0 Å². The van der Waals surface area contributed by atoms with Gasteiger partial charge < -0.3 is 14.8 Å². The molecule has 1 heterocycles. The number of hydrogen-bond donors (Lipinski definition) is 1. The van der Waals surface area contributed by atoms with E-state index in [9.17, 15) is 9.59 Å². The van der Waals surface area contributed by atoms with Gasteiger partial charge in [0.2, 0.25) is 6.10 Å². The van der Waals surface area contributed by atoms with Crippen LogP contribution in [-0.2, 0) is 20.9 Å². The van der Waals surface area contributed by atoms with Gasteiger partial charge in [-0.2, -0.15) is 0 Å². The zero-order valence-corrected chi connectivity index (χ0v) is 8.51. The largest absolute Gasteiger partial charge is 0.458 e. The highest BCUT2D eigenvalue weighted by Crippen LogP contribution is 2.06. The van der Waals surface area contributed by atoms with Crippen LogP contribution in [0.2, 0.25) is 0 Å². The fraction of sp³-hybridized carbons (Fsp3) is 0.273. The Hall–Kier alpha value is -2.04. The van der Waals surface area contributed by atoms with Crippen molar-refractivity contribution in [1.29, 1.82) is 0 Å². The molecule has 0 spiro atoms. The average Bonchev–Trinajstić information content (AvgIpc) is 2.74. The first kappa shape index (κ1) is 10.5. The van der Waals surface area contributed by atoms with E-state index in [0.717, 1.165) is 5.56 Å². The molecule has 0 aliphatic carbocycles. The average molecular weight is 221 g/mol. The van der Waals surface area contributed by atoms with Crippen molar-refractivity contribution in [2.45, 2.75) is 12.7 Å². The Balaban J connectivity index is 1.82. The lowest BCUT2D eigenvalue weighted by atomic mass is 10.2. The first-order valence-corrected chi connectivity index (χ1v) is 4.91. The summed E-state index contributed by atoms with van der Waals surface area (Å²) >= 11 is 0. The Morgan fingerprint density at radius 3 is 2.81 bits per heavy atom. The van der Waals surface area contributed by atoms with Crippen LogP contribution in [0.5, 0.6) is 0 Å². The first-order valence-electron chi connectivity index (χ1n) is 4.91. The highest BCUT2D eigenvalue weighted by atomic mass is 16.6. The number of amides is 1. The molecule has 0 aromatic heterocycles. The molecule has 1 aliphatic heterocycles. The minimum Gasteiger partial charge on any atom is -0.458 e. The van der Waals surface area contributed by atoms with Crippen molar-refractivity contribution in [1.82, 2.24) is 5.32 Å². The van der Waals surface area contributed by atoms with Gasteiger partial charge in [-0.1, -0.05) is 30.3 Å². The topological polar surface area (TPSA) is 64.6 Å². The predicted molar refractivity (Wildman–Crippen MR) is 54.5 cm³/mol. The van der Waals surface area contributed by atoms with Crippen LogP contribution < -0.4 is 5.32 Å². The fourth-order valence-electron chi connectivity index (χ4n) is 1.34. The summed E-state index contributed by atoms with van der Waals surface area (Å²) in [7, 11) is 0. The molecule has 5 heteroatoms. The molecule has 1 fully saturated rings. The SMILES string of the molecule is O=C1NC[C@H](C(=O)OCc2ccccc2)O1. The first-order chi connectivity index (χ1) is 7.75. The highest BCUT2D eigenvalue weighted by molar-refractivity contribution is 5.82. The predicted octanol–water partition coefficient (Wildman–Crippen LogP) is 0.838. The summed E-state index contributed by atoms with van der Waals surface area (Å²) < 4.78 is 9.69. The number of carbonyl (C=O) groups is 2. The Bertz CT molecular complexity index is 390. The van der Waals surface area contributed by atoms with E-state index in [0.29, 0.717) is 0 Å². The van der Waals surface area contributed by atoms with Crippen LogP contribution in [-0.4, -0.2) is 24.7 Å². The second-order valence-electron chi connectivity index (χ2n) is 3.37. The van der Waals surface area contributed by atoms with E-state index in [1.807, 2.05) is 30.3 Å². The molecule has 0 saturated carbocycles. The van der Waals surface area contributed by atoms with Crippen molar-refractivity contribution in [3.05, 3.63) is 35.9 Å². The zero-order chi connectivity index (χ0) is 11.4. The Kier molecular flexibility index (Phi) is 3.05. The Morgan fingerprint density at radius 1 is 1.44 bits per heavy atom. The number of ether oxygens (including phenoxy) is 2. The van der Waals surface area contributed by atoms with E-state index >= 15 is 0 Å². The smallest absolute Gasteiger partial charge is 0.408 e. The van der Waals surface area contributed by atoms with Crippen LogP contribution in [0.3, 0.4) is 0 Å². The fourth-order valence-corrected chi connectivity index (χ4v) is 1.34. The number of carbonyl (C=O) groups excluding carboxylic acids is 2. The molecule has 1 aromatic carbocycles. The minimum atomic E-state index is -0.823. The van der Waals surface area contributed by atoms with Crippen molar-refractivity contribution >= 4 is 12.1 Å². The van der Waals surface area contributed by atoms with Gasteiger partial charge in [0, 0.05) is 0 Å². The van der Waals surface area contributed by atoms with Gasteiger partial charge in [0.05, 0.1) is 6.54 Å². The molecular weight excluding hydrogens is 210 g/mol. The quantitative estimate of drug-likeness (QED) is 0.768. The van der Waals surface area contributed by atoms with Crippen LogP contribution in [0.25, 0.3) is 0 Å². The number of alkyl carbamates (subject to hydrolysis) is 1. The second-order valence-corrected chi connectivity index (χ2v) is 3.37. The molecule has 84 valence electrons. The number of hydrogen-bond acceptors (Lipinski definition) is 4. The molecule has 16 heavy (non-hydrogen) atoms. The van der Waals surface area contributed by atoms with Crippen LogP contribution in [0.4, 0.5) is 4.79 Å². The molecule has 1 atom stereocenters. The zero-order valence-electron chi connectivity index (χ0n) is 8.51. The van der Waals surface area contributed by atoms with Gasteiger partial charge in [-0.15, -0.1) is 0 Å². The lowest BCUT2D eigenvalue weighted by molar-refractivity contribution is -0.152. The molecule has 1 aromatic rings. The van der Waals surface area contributed by atoms with Gasteiger partial charge in [0.1, 0.15) is 6.61 Å². The van der Waals surface area contributed by atoms with Crippen molar-refractivity contribution in [2.24, 2.45) is 0 Å². The maximum absolute atomic E-state index is 11.4. The van der Waals surface area contributed by atoms with Crippen LogP contribution >= 0.6 is 0 Å². The lowest BCUT2D eigenvalue weighted by Gasteiger charge is -2.08. The molecule has 0 radical (unpaired) electrons. The maximum Gasteiger partial charge on any atom is 0.408 e. The van der Waals surface area contributed by atoms with Gasteiger partial charge in [0.25, 0.3) is 0 Å². The van der Waals surface area contributed by atoms with E-state index in [-0.39, 0.29) is 13.2 Å². The van der Waals surface area contributed by atoms with Crippen molar-refractivity contribution < 1.29 is 19.1 Å². The molecule has 2 rings (SSSR count). The second kappa shape index (κ2) is 4.65. The van der Waals surface area contributed by atoms with E-state index in [1.54, 1.807) is 0 Å². The highest BCUT2D eigenvalue weighted by Gasteiger charge is 2.30. The molecule has 5 nitrogen and oxygen atoms in total. The normalized spacial score (nSPS) is 18.8. The standard InChI is InChI=1S/C11H11NO4/c13-10(9-6-12-11(14)16-9)15-7-8-4-2-1-3-5-8/h1-5,9H,6-7H2,(H,12,14)/t9-/m1/s1. The summed E-state index contributed by atoms with van der Waals surface area (Å²) in [5, 5.41) is 2.39. The van der Waals surface area contributed by atoms with Crippen molar-refractivity contribution in [2.75, 3.05) is 6.54 Å². The summed E-state index contributed by atoms with van der Waals surface area (Å²) in [6.45, 7) is 0.361. The molecule has 0 unspecified atom stereocenters. The molecule has 1 saturated heterocycles. The third-order valence-electron chi connectivity index (χ3n) is 2.17. The van der Waals surface area contributed by atoms with Gasteiger partial charge >= 0.3 is 12.1 Å². The lowest BCUT2D eigenvalue weighted by Crippen LogP contribution is -2.26. The third kappa shape index (κ3) is 2.50. The van der Waals surface area contributed by atoms with Crippen LogP contribution in [0, 0.1) is 0 Å². The summed E-state index contributed by atoms with van der Waals surface area (Å²) in [4.78, 5) is 22.1. The third-order valence-corrected chi connectivity index (χ3v) is 2.17. The number of rotatable bonds is 3. The minimum absolute atomic E-state index is 0.173. The van der Waals surface area contributed by atoms with Crippen molar-refractivity contribution in [3.8, 4) is 0 Å². The Labute approximate surface area is 92.4 Å². The van der Waals surface area contributed by atoms with Crippen molar-refractivity contribution in [3.63, 3.8) is 0 Å². The van der Waals surface area contributed by atoms with E-state index in [2.05, 4.69) is 10.1 Å². The Morgan fingerprint density at radius 2 is 2.19 bits per heavy atom. The monoisotopic (exact) mass is 221 g/mol.